The molecule has 0 aromatic carbocycles. The quantitative estimate of drug-likeness (QED) is 0.201. The van der Waals surface area contributed by atoms with Crippen LogP contribution >= 0.6 is 0 Å². The molecule has 0 amide bonds. The molecule has 0 N–H and O–H groups in total. The van der Waals surface area contributed by atoms with Crippen molar-refractivity contribution in [3.63, 3.8) is 0 Å². The zero-order valence-electron chi connectivity index (χ0n) is 27.7. The minimum Gasteiger partial charge on any atom is -0.469 e. The first-order valence-corrected chi connectivity index (χ1v) is 15.5. The number of hydrogen-bond acceptors (Lipinski definition) is 5. The molecule has 40 heavy (non-hydrogen) atoms. The molecule has 2 aliphatic carbocycles. The van der Waals surface area contributed by atoms with E-state index in [1.807, 2.05) is 12.3 Å². The Kier molecular flexibility index (Phi) is 9.01. The van der Waals surface area contributed by atoms with Crippen molar-refractivity contribution in [2.45, 2.75) is 139 Å². The predicted octanol–water partition coefficient (Wildman–Crippen LogP) is 9.04. The number of esters is 1. The number of carbonyl (C=O) groups is 2. The Morgan fingerprint density at radius 3 is 2.27 bits per heavy atom. The first kappa shape index (κ1) is 32.6. The van der Waals surface area contributed by atoms with Gasteiger partial charge in [-0.2, -0.15) is 0 Å². The SMILES string of the molecule is CCC(C)(C)CC[C@@](C)(CCC(C)(C)[C@]1(C)CCC2C(C)(C)c3oncc3C[C@]2(C)/C1=C/C(C)=O)CC(=O)OC. The van der Waals surface area contributed by atoms with Gasteiger partial charge in [-0.05, 0) is 90.9 Å². The Balaban J connectivity index is 1.98. The lowest BCUT2D eigenvalue weighted by molar-refractivity contribution is -0.143. The lowest BCUT2D eigenvalue weighted by Crippen LogP contribution is -2.56. The number of allylic oxidation sites excluding steroid dienone is 2. The van der Waals surface area contributed by atoms with Crippen LogP contribution in [0.1, 0.15) is 139 Å². The van der Waals surface area contributed by atoms with Crippen LogP contribution in [0.15, 0.2) is 22.4 Å². The van der Waals surface area contributed by atoms with Crippen LogP contribution < -0.4 is 0 Å². The topological polar surface area (TPSA) is 69.4 Å². The standard InChI is InChI=1S/C35H57NO4/c1-13-30(3,4)16-18-33(9,22-28(38)39-12)19-17-31(5,6)35(11)15-14-26-32(7,8)29-25(23-36-40-29)21-34(26,10)27(35)20-24(2)37/h20,23,26H,13-19,21-22H2,1-12H3/b27-20-/t26?,33-,34-,35+/m0/s1. The minimum absolute atomic E-state index is 0.0843. The second-order valence-electron chi connectivity index (χ2n) is 16.1. The van der Waals surface area contributed by atoms with E-state index in [2.05, 4.69) is 74.4 Å². The van der Waals surface area contributed by atoms with Gasteiger partial charge in [0, 0.05) is 11.0 Å². The third kappa shape index (κ3) is 6.00. The van der Waals surface area contributed by atoms with Crippen LogP contribution in [-0.4, -0.2) is 24.0 Å². The fourth-order valence-electron chi connectivity index (χ4n) is 8.21. The van der Waals surface area contributed by atoms with Crippen LogP contribution in [0.4, 0.5) is 0 Å². The van der Waals surface area contributed by atoms with E-state index >= 15 is 0 Å². The Morgan fingerprint density at radius 2 is 1.70 bits per heavy atom. The molecule has 4 atom stereocenters. The predicted molar refractivity (Wildman–Crippen MR) is 162 cm³/mol. The normalized spacial score (nSPS) is 28.9. The van der Waals surface area contributed by atoms with Crippen molar-refractivity contribution >= 4 is 11.8 Å². The van der Waals surface area contributed by atoms with Crippen molar-refractivity contribution in [2.75, 3.05) is 7.11 Å². The molecular weight excluding hydrogens is 498 g/mol. The molecule has 2 aliphatic rings. The number of methoxy groups -OCH3 is 1. The molecule has 5 nitrogen and oxygen atoms in total. The van der Waals surface area contributed by atoms with Crippen molar-refractivity contribution in [1.82, 2.24) is 5.16 Å². The first-order valence-electron chi connectivity index (χ1n) is 15.5. The summed E-state index contributed by atoms with van der Waals surface area (Å²) in [5, 5.41) is 4.19. The third-order valence-electron chi connectivity index (χ3n) is 11.9. The van der Waals surface area contributed by atoms with Gasteiger partial charge < -0.3 is 9.26 Å². The maximum atomic E-state index is 12.8. The maximum Gasteiger partial charge on any atom is 0.306 e. The highest BCUT2D eigenvalue weighted by Gasteiger charge is 2.61. The van der Waals surface area contributed by atoms with Crippen molar-refractivity contribution < 1.29 is 18.8 Å². The molecule has 0 saturated heterocycles. The van der Waals surface area contributed by atoms with Crippen LogP contribution in [0, 0.1) is 33.0 Å². The summed E-state index contributed by atoms with van der Waals surface area (Å²) in [4.78, 5) is 25.4. The first-order chi connectivity index (χ1) is 18.3. The monoisotopic (exact) mass is 555 g/mol. The summed E-state index contributed by atoms with van der Waals surface area (Å²) in [5.41, 5.74) is 1.99. The second kappa shape index (κ2) is 11.1. The molecule has 3 rings (SSSR count). The molecule has 1 aromatic rings. The highest BCUT2D eigenvalue weighted by atomic mass is 16.5. The van der Waals surface area contributed by atoms with Gasteiger partial charge in [-0.15, -0.1) is 0 Å². The molecule has 0 bridgehead atoms. The van der Waals surface area contributed by atoms with E-state index in [1.165, 1.54) is 18.2 Å². The Bertz CT molecular complexity index is 1120. The molecule has 1 heterocycles. The minimum atomic E-state index is -0.168. The summed E-state index contributed by atoms with van der Waals surface area (Å²) in [6.07, 6.45) is 12.3. The van der Waals surface area contributed by atoms with Crippen LogP contribution in [0.3, 0.4) is 0 Å². The molecule has 1 fully saturated rings. The molecule has 1 aromatic heterocycles. The number of carbonyl (C=O) groups excluding carboxylic acids is 2. The van der Waals surface area contributed by atoms with E-state index in [-0.39, 0.29) is 44.2 Å². The van der Waals surface area contributed by atoms with Crippen LogP contribution in [-0.2, 0) is 26.2 Å². The Labute approximate surface area is 244 Å². The summed E-state index contributed by atoms with van der Waals surface area (Å²) < 4.78 is 10.9. The molecule has 0 radical (unpaired) electrons. The van der Waals surface area contributed by atoms with Crippen LogP contribution in [0.25, 0.3) is 0 Å². The molecule has 1 unspecified atom stereocenters. The average Bonchev–Trinajstić information content (AvgIpc) is 3.33. The summed E-state index contributed by atoms with van der Waals surface area (Å²) >= 11 is 0. The number of rotatable bonds is 11. The van der Waals surface area contributed by atoms with E-state index in [0.29, 0.717) is 12.3 Å². The van der Waals surface area contributed by atoms with Crippen molar-refractivity contribution in [3.8, 4) is 0 Å². The number of ether oxygens (including phenoxy) is 1. The van der Waals surface area contributed by atoms with Gasteiger partial charge in [-0.25, -0.2) is 0 Å². The van der Waals surface area contributed by atoms with Gasteiger partial charge >= 0.3 is 5.97 Å². The third-order valence-corrected chi connectivity index (χ3v) is 11.9. The van der Waals surface area contributed by atoms with E-state index < -0.39 is 0 Å². The average molecular weight is 556 g/mol. The van der Waals surface area contributed by atoms with Gasteiger partial charge in [0.25, 0.3) is 0 Å². The second-order valence-corrected chi connectivity index (χ2v) is 16.1. The summed E-state index contributed by atoms with van der Waals surface area (Å²) in [5.74, 6) is 1.36. The molecule has 226 valence electrons. The molecule has 0 spiro atoms. The summed E-state index contributed by atoms with van der Waals surface area (Å²) in [6.45, 7) is 25.0. The molecule has 5 heteroatoms. The Hall–Kier alpha value is -1.91. The zero-order valence-corrected chi connectivity index (χ0v) is 27.7. The van der Waals surface area contributed by atoms with Gasteiger partial charge in [-0.1, -0.05) is 86.4 Å². The molecule has 1 saturated carbocycles. The lowest BCUT2D eigenvalue weighted by atomic mass is 9.41. The van der Waals surface area contributed by atoms with Gasteiger partial charge in [0.1, 0.15) is 5.76 Å². The van der Waals surface area contributed by atoms with Crippen LogP contribution in [0.2, 0.25) is 0 Å². The highest BCUT2D eigenvalue weighted by Crippen LogP contribution is 2.67. The zero-order chi connectivity index (χ0) is 30.4. The van der Waals surface area contributed by atoms with Crippen molar-refractivity contribution in [1.29, 1.82) is 0 Å². The van der Waals surface area contributed by atoms with Gasteiger partial charge in [0.15, 0.2) is 5.78 Å². The number of hydrogen-bond donors (Lipinski definition) is 0. The fraction of sp³-hybridized carbons (Fsp3) is 0.800. The highest BCUT2D eigenvalue weighted by molar-refractivity contribution is 5.88. The van der Waals surface area contributed by atoms with E-state index in [4.69, 9.17) is 9.26 Å². The van der Waals surface area contributed by atoms with E-state index in [1.54, 1.807) is 6.92 Å². The number of aromatic nitrogens is 1. The maximum absolute atomic E-state index is 12.8. The fourth-order valence-corrected chi connectivity index (χ4v) is 8.21. The largest absolute Gasteiger partial charge is 0.469 e. The number of ketones is 1. The van der Waals surface area contributed by atoms with Gasteiger partial charge in [-0.3, -0.25) is 9.59 Å². The number of nitrogens with zero attached hydrogens (tertiary/aromatic N) is 1. The van der Waals surface area contributed by atoms with Gasteiger partial charge in [0.2, 0.25) is 0 Å². The summed E-state index contributed by atoms with van der Waals surface area (Å²) in [6, 6.07) is 0. The smallest absolute Gasteiger partial charge is 0.306 e. The van der Waals surface area contributed by atoms with E-state index in [0.717, 1.165) is 57.1 Å². The van der Waals surface area contributed by atoms with Gasteiger partial charge in [0.05, 0.1) is 19.7 Å². The molecule has 0 aliphatic heterocycles. The van der Waals surface area contributed by atoms with Crippen molar-refractivity contribution in [3.05, 3.63) is 29.2 Å². The molecular formula is C35H57NO4. The van der Waals surface area contributed by atoms with E-state index in [9.17, 15) is 9.59 Å². The lowest BCUT2D eigenvalue weighted by Gasteiger charge is -2.62. The Morgan fingerprint density at radius 1 is 1.07 bits per heavy atom. The van der Waals surface area contributed by atoms with Crippen molar-refractivity contribution in [2.24, 2.45) is 33.0 Å². The van der Waals surface area contributed by atoms with Crippen LogP contribution in [0.5, 0.6) is 0 Å². The summed E-state index contributed by atoms with van der Waals surface area (Å²) in [7, 11) is 1.49. The number of fused-ring (bicyclic) bond motifs is 2.